The third kappa shape index (κ3) is 4.46. The average molecular weight is 556 g/mol. The van der Waals surface area contributed by atoms with Crippen LogP contribution in [0.4, 0.5) is 17.6 Å². The van der Waals surface area contributed by atoms with E-state index in [0.717, 1.165) is 18.2 Å². The number of halogens is 4. The number of hydrogen-bond donors (Lipinski definition) is 1. The molecule has 1 aliphatic heterocycles. The number of oxime groups is 1. The monoisotopic (exact) mass is 555 g/mol. The maximum absolute atomic E-state index is 15.5. The fraction of sp³-hybridized carbons (Fsp3) is 0.179. The van der Waals surface area contributed by atoms with Crippen molar-refractivity contribution in [2.45, 2.75) is 24.4 Å². The molecule has 0 spiro atoms. The van der Waals surface area contributed by atoms with E-state index in [1.54, 1.807) is 6.92 Å². The molecule has 6 nitrogen and oxygen atoms in total. The Labute approximate surface area is 224 Å². The van der Waals surface area contributed by atoms with Gasteiger partial charge in [-0.1, -0.05) is 23.4 Å². The van der Waals surface area contributed by atoms with Crippen LogP contribution < -0.4 is 10.3 Å². The molecule has 11 heteroatoms. The molecule has 0 bridgehead atoms. The van der Waals surface area contributed by atoms with E-state index in [1.165, 1.54) is 60.0 Å². The van der Waals surface area contributed by atoms with Gasteiger partial charge in [-0.25, -0.2) is 17.6 Å². The van der Waals surface area contributed by atoms with Crippen molar-refractivity contribution in [1.82, 2.24) is 9.55 Å². The van der Waals surface area contributed by atoms with Crippen LogP contribution in [-0.2, 0) is 6.42 Å². The van der Waals surface area contributed by atoms with Crippen molar-refractivity contribution in [2.24, 2.45) is 5.16 Å². The number of ether oxygens (including phenoxy) is 1. The minimum atomic E-state index is -1.01. The van der Waals surface area contributed by atoms with Crippen LogP contribution in [0.1, 0.15) is 28.4 Å². The molecule has 200 valence electrons. The molecule has 0 saturated heterocycles. The van der Waals surface area contributed by atoms with E-state index in [2.05, 4.69) is 10.1 Å². The Hall–Kier alpha value is -4.12. The normalized spacial score (nSPS) is 14.9. The van der Waals surface area contributed by atoms with Gasteiger partial charge in [0.2, 0.25) is 0 Å². The van der Waals surface area contributed by atoms with Gasteiger partial charge >= 0.3 is 0 Å². The van der Waals surface area contributed by atoms with E-state index in [1.807, 2.05) is 0 Å². The van der Waals surface area contributed by atoms with E-state index in [0.29, 0.717) is 16.2 Å². The number of fused-ring (bicyclic) bond motifs is 1. The van der Waals surface area contributed by atoms with Gasteiger partial charge in [0.05, 0.1) is 23.7 Å². The lowest BCUT2D eigenvalue weighted by atomic mass is 9.93. The molecule has 0 fully saturated rings. The van der Waals surface area contributed by atoms with Gasteiger partial charge < -0.3 is 9.94 Å². The Morgan fingerprint density at radius 1 is 1.08 bits per heavy atom. The van der Waals surface area contributed by atoms with Gasteiger partial charge in [-0.05, 0) is 48.4 Å². The molecular formula is C28H21F4N3O3S. The summed E-state index contributed by atoms with van der Waals surface area (Å²) in [5.41, 5.74) is -0.803. The number of nitrogens with zero attached hydrogens (tertiary/aromatic N) is 3. The smallest absolute Gasteiger partial charge is 0.260 e. The Kier molecular flexibility index (Phi) is 7.17. The zero-order valence-corrected chi connectivity index (χ0v) is 21.5. The molecule has 2 aromatic heterocycles. The molecule has 1 N–H and O–H groups in total. The second-order valence-electron chi connectivity index (χ2n) is 8.80. The van der Waals surface area contributed by atoms with Crippen LogP contribution in [-0.4, -0.2) is 33.3 Å². The van der Waals surface area contributed by atoms with E-state index >= 15 is 4.39 Å². The van der Waals surface area contributed by atoms with Crippen LogP contribution in [0.15, 0.2) is 69.7 Å². The highest BCUT2D eigenvalue weighted by atomic mass is 32.2. The highest BCUT2D eigenvalue weighted by molar-refractivity contribution is 7.99. The van der Waals surface area contributed by atoms with E-state index in [-0.39, 0.29) is 46.0 Å². The molecular weight excluding hydrogens is 534 g/mol. The van der Waals surface area contributed by atoms with Crippen LogP contribution in [0, 0.1) is 30.2 Å². The summed E-state index contributed by atoms with van der Waals surface area (Å²) in [7, 11) is 1.29. The number of methoxy groups -OCH3 is 1. The fourth-order valence-electron chi connectivity index (χ4n) is 4.81. The molecule has 5 rings (SSSR count). The van der Waals surface area contributed by atoms with Gasteiger partial charge in [-0.3, -0.25) is 14.3 Å². The lowest BCUT2D eigenvalue weighted by Gasteiger charge is -2.21. The lowest BCUT2D eigenvalue weighted by Crippen LogP contribution is -2.32. The van der Waals surface area contributed by atoms with Gasteiger partial charge in [-0.2, -0.15) is 0 Å². The van der Waals surface area contributed by atoms with Crippen LogP contribution >= 0.6 is 11.8 Å². The lowest BCUT2D eigenvalue weighted by molar-refractivity contribution is 0.315. The van der Waals surface area contributed by atoms with Crippen molar-refractivity contribution in [3.63, 3.8) is 0 Å². The number of thioether (sulfide) groups is 1. The highest BCUT2D eigenvalue weighted by Gasteiger charge is 2.36. The third-order valence-electron chi connectivity index (χ3n) is 6.72. The van der Waals surface area contributed by atoms with Gasteiger partial charge in [0.25, 0.3) is 5.56 Å². The number of pyridine rings is 2. The van der Waals surface area contributed by atoms with Crippen LogP contribution in [0.3, 0.4) is 0 Å². The van der Waals surface area contributed by atoms with Gasteiger partial charge in [-0.15, -0.1) is 11.8 Å². The number of aromatic nitrogens is 2. The quantitative estimate of drug-likeness (QED) is 0.139. The first-order chi connectivity index (χ1) is 18.8. The average Bonchev–Trinajstić information content (AvgIpc) is 3.35. The summed E-state index contributed by atoms with van der Waals surface area (Å²) in [4.78, 5) is 18.0. The summed E-state index contributed by atoms with van der Waals surface area (Å²) >= 11 is 1.18. The topological polar surface area (TPSA) is 76.7 Å². The molecule has 0 aliphatic carbocycles. The predicted octanol–water partition coefficient (Wildman–Crippen LogP) is 5.90. The molecule has 1 atom stereocenters. The van der Waals surface area contributed by atoms with Gasteiger partial charge in [0.1, 0.15) is 23.0 Å². The highest BCUT2D eigenvalue weighted by Crippen LogP contribution is 2.42. The first-order valence-electron chi connectivity index (χ1n) is 11.8. The first kappa shape index (κ1) is 26.5. The SMILES string of the molecule is COc1cccc(-c2c(C)c(Cc3c(F)cccc3F)c3n(c2=O)C(C(=NO)c2ncccc2F)CS3)c1F. The zero-order chi connectivity index (χ0) is 27.8. The molecule has 1 aliphatic rings. The Bertz CT molecular complexity index is 1670. The number of hydrogen-bond acceptors (Lipinski definition) is 6. The van der Waals surface area contributed by atoms with Crippen LogP contribution in [0.25, 0.3) is 11.1 Å². The fourth-order valence-corrected chi connectivity index (χ4v) is 6.19. The summed E-state index contributed by atoms with van der Waals surface area (Å²) < 4.78 is 65.9. The summed E-state index contributed by atoms with van der Waals surface area (Å²) in [6, 6.07) is 9.30. The standard InChI is InChI=1S/C28H21F4N3O3S/c1-14-16(12-17-18(29)7-4-8-19(17)30)28-35(27(36)23(14)15-6-3-10-22(38-2)24(15)32)21(13-39-28)26(34-37)25-20(31)9-5-11-33-25/h3-11,21,37H,12-13H2,1-2H3. The molecule has 0 amide bonds. The summed E-state index contributed by atoms with van der Waals surface area (Å²) in [6.45, 7) is 1.58. The van der Waals surface area contributed by atoms with Crippen molar-refractivity contribution >= 4 is 17.5 Å². The summed E-state index contributed by atoms with van der Waals surface area (Å²) in [6.07, 6.45) is 1.07. The first-order valence-corrected chi connectivity index (χ1v) is 12.8. The third-order valence-corrected chi connectivity index (χ3v) is 7.92. The summed E-state index contributed by atoms with van der Waals surface area (Å²) in [5, 5.41) is 13.5. The van der Waals surface area contributed by atoms with Gasteiger partial charge in [0.15, 0.2) is 17.4 Å². The van der Waals surface area contributed by atoms with Gasteiger partial charge in [0, 0.05) is 29.5 Å². The van der Waals surface area contributed by atoms with E-state index in [9.17, 15) is 23.2 Å². The maximum atomic E-state index is 15.5. The van der Waals surface area contributed by atoms with Crippen LogP contribution in [0.2, 0.25) is 0 Å². The Morgan fingerprint density at radius 2 is 1.77 bits per heavy atom. The predicted molar refractivity (Wildman–Crippen MR) is 139 cm³/mol. The van der Waals surface area contributed by atoms with Crippen molar-refractivity contribution in [1.29, 1.82) is 0 Å². The zero-order valence-electron chi connectivity index (χ0n) is 20.7. The molecule has 3 heterocycles. The molecule has 0 radical (unpaired) electrons. The Balaban J connectivity index is 1.81. The summed E-state index contributed by atoms with van der Waals surface area (Å²) in [5.74, 6) is -3.09. The molecule has 0 saturated carbocycles. The largest absolute Gasteiger partial charge is 0.494 e. The molecule has 1 unspecified atom stereocenters. The van der Waals surface area contributed by atoms with Crippen molar-refractivity contribution in [3.05, 3.63) is 111 Å². The second-order valence-corrected chi connectivity index (χ2v) is 9.81. The second kappa shape index (κ2) is 10.6. The molecule has 2 aromatic carbocycles. The van der Waals surface area contributed by atoms with Crippen LogP contribution in [0.5, 0.6) is 5.75 Å². The van der Waals surface area contributed by atoms with Crippen molar-refractivity contribution < 1.29 is 27.5 Å². The van der Waals surface area contributed by atoms with E-state index in [4.69, 9.17) is 4.74 Å². The number of benzene rings is 2. The Morgan fingerprint density at radius 3 is 2.44 bits per heavy atom. The molecule has 4 aromatic rings. The molecule has 39 heavy (non-hydrogen) atoms. The maximum Gasteiger partial charge on any atom is 0.260 e. The van der Waals surface area contributed by atoms with Crippen molar-refractivity contribution in [2.75, 3.05) is 12.9 Å². The minimum absolute atomic E-state index is 0.0619. The number of rotatable bonds is 6. The van der Waals surface area contributed by atoms with Crippen molar-refractivity contribution in [3.8, 4) is 16.9 Å². The van der Waals surface area contributed by atoms with E-state index < -0.39 is 34.9 Å². The minimum Gasteiger partial charge on any atom is -0.494 e.